The van der Waals surface area contributed by atoms with Gasteiger partial charge in [0.05, 0.1) is 12.7 Å². The first-order valence-electron chi connectivity index (χ1n) is 2.45. The minimum atomic E-state index is -0.907. The second kappa shape index (κ2) is 2.01. The summed E-state index contributed by atoms with van der Waals surface area (Å²) in [6, 6.07) is 0. The number of hydrogen-bond donors (Lipinski definition) is 2. The number of ether oxygens (including phenoxy) is 1. The number of rotatable bonds is 0. The van der Waals surface area contributed by atoms with E-state index in [0.717, 1.165) is 0 Å². The summed E-state index contributed by atoms with van der Waals surface area (Å²) in [4.78, 5) is 0. The first-order valence-corrected chi connectivity index (χ1v) is 2.45. The van der Waals surface area contributed by atoms with Crippen LogP contribution in [-0.4, -0.2) is 35.1 Å². The maximum atomic E-state index is 8.77. The summed E-state index contributed by atoms with van der Waals surface area (Å²) in [5, 5.41) is 17.5. The second-order valence-corrected chi connectivity index (χ2v) is 1.86. The summed E-state index contributed by atoms with van der Waals surface area (Å²) in [5.74, 6) is 0. The van der Waals surface area contributed by atoms with E-state index in [4.69, 9.17) is 17.1 Å². The van der Waals surface area contributed by atoms with Gasteiger partial charge in [0.1, 0.15) is 12.2 Å². The molecule has 0 aliphatic carbocycles. The van der Waals surface area contributed by atoms with Crippen LogP contribution in [0.15, 0.2) is 0 Å². The van der Waals surface area contributed by atoms with Crippen LogP contribution in [0.1, 0.15) is 0 Å². The van der Waals surface area contributed by atoms with Crippen LogP contribution in [0.4, 0.5) is 0 Å². The van der Waals surface area contributed by atoms with Crippen LogP contribution < -0.4 is 0 Å². The number of aliphatic hydroxyl groups excluding tert-OH is 2. The molecule has 1 saturated heterocycles. The molecule has 1 fully saturated rings. The van der Waals surface area contributed by atoms with Gasteiger partial charge in [0.25, 0.3) is 0 Å². The molecule has 1 rings (SSSR count). The molecule has 0 aromatic heterocycles. The zero-order chi connectivity index (χ0) is 6.15. The Hall–Kier alpha value is -0.120. The lowest BCUT2D eigenvalue weighted by Gasteiger charge is -2.06. The molecular weight excluding hydrogens is 108 g/mol. The van der Waals surface area contributed by atoms with Gasteiger partial charge in [-0.1, -0.05) is 0 Å². The third kappa shape index (κ3) is 0.844. The van der Waals surface area contributed by atoms with Crippen molar-refractivity contribution in [3.05, 3.63) is 6.92 Å². The van der Waals surface area contributed by atoms with Gasteiger partial charge in [-0.3, -0.25) is 0 Å². The van der Waals surface area contributed by atoms with Gasteiger partial charge in [-0.15, -0.1) is 0 Å². The fraction of sp³-hybridized carbons (Fsp3) is 0.800. The zero-order valence-electron chi connectivity index (χ0n) is 4.32. The fourth-order valence-electron chi connectivity index (χ4n) is 0.626. The largest absolute Gasteiger partial charge is 0.388 e. The third-order valence-electron chi connectivity index (χ3n) is 1.19. The lowest BCUT2D eigenvalue weighted by Crippen LogP contribution is -2.27. The van der Waals surface area contributed by atoms with Crippen LogP contribution in [0.2, 0.25) is 0 Å². The van der Waals surface area contributed by atoms with Crippen molar-refractivity contribution in [3.63, 3.8) is 0 Å². The van der Waals surface area contributed by atoms with Crippen LogP contribution in [-0.2, 0) is 4.74 Å². The van der Waals surface area contributed by atoms with Crippen LogP contribution in [0.5, 0.6) is 0 Å². The lowest BCUT2D eigenvalue weighted by atomic mass is 10.2. The van der Waals surface area contributed by atoms with Gasteiger partial charge >= 0.3 is 0 Å². The monoisotopic (exact) mass is 116 g/mol. The Labute approximate surface area is 47.9 Å². The van der Waals surface area contributed by atoms with Crippen molar-refractivity contribution in [3.8, 4) is 0 Å². The molecule has 0 aromatic carbocycles. The standard InChI is InChI=1S/C5H8O3/c1-3-5(7)4(6)2-8-3/h1,3-7H,2H2/t3-,4-,5?/m0/s1. The van der Waals surface area contributed by atoms with Crippen LogP contribution in [0, 0.1) is 6.92 Å². The molecular formula is C5H8O3. The molecule has 46 valence electrons. The van der Waals surface area contributed by atoms with E-state index >= 15 is 0 Å². The van der Waals surface area contributed by atoms with E-state index in [0.29, 0.717) is 0 Å². The molecule has 0 aromatic rings. The summed E-state index contributed by atoms with van der Waals surface area (Å²) in [7, 11) is 0. The smallest absolute Gasteiger partial charge is 0.109 e. The molecule has 1 aliphatic heterocycles. The highest BCUT2D eigenvalue weighted by atomic mass is 16.5. The van der Waals surface area contributed by atoms with Crippen LogP contribution in [0.25, 0.3) is 0 Å². The molecule has 3 heteroatoms. The highest BCUT2D eigenvalue weighted by Crippen LogP contribution is 2.11. The maximum Gasteiger partial charge on any atom is 0.109 e. The van der Waals surface area contributed by atoms with E-state index in [1.54, 1.807) is 0 Å². The number of aliphatic hydroxyl groups is 2. The first kappa shape index (κ1) is 6.01. The van der Waals surface area contributed by atoms with E-state index in [2.05, 4.69) is 4.74 Å². The predicted octanol–water partition coefficient (Wildman–Crippen LogP) is -1.18. The number of hydrogen-bond acceptors (Lipinski definition) is 3. The van der Waals surface area contributed by atoms with Crippen molar-refractivity contribution in [1.29, 1.82) is 0 Å². The lowest BCUT2D eigenvalue weighted by molar-refractivity contribution is 0.0411. The van der Waals surface area contributed by atoms with Crippen molar-refractivity contribution in [1.82, 2.24) is 0 Å². The van der Waals surface area contributed by atoms with Crippen LogP contribution in [0.3, 0.4) is 0 Å². The Balaban J connectivity index is 2.44. The fourth-order valence-corrected chi connectivity index (χ4v) is 0.626. The topological polar surface area (TPSA) is 49.7 Å². The molecule has 2 N–H and O–H groups in total. The van der Waals surface area contributed by atoms with E-state index in [1.165, 1.54) is 0 Å². The average Bonchev–Trinajstić information content (AvgIpc) is 1.98. The highest BCUT2D eigenvalue weighted by molar-refractivity contribution is 4.83. The minimum absolute atomic E-state index is 0.141. The molecule has 1 aliphatic rings. The maximum absolute atomic E-state index is 8.77. The Morgan fingerprint density at radius 2 is 2.12 bits per heavy atom. The minimum Gasteiger partial charge on any atom is -0.388 e. The summed E-state index contributed by atoms with van der Waals surface area (Å²) >= 11 is 0. The van der Waals surface area contributed by atoms with E-state index in [9.17, 15) is 0 Å². The normalized spacial score (nSPS) is 47.6. The summed E-state index contributed by atoms with van der Waals surface area (Å²) in [6.45, 7) is 5.28. The van der Waals surface area contributed by atoms with Gasteiger partial charge in [0.15, 0.2) is 0 Å². The molecule has 3 nitrogen and oxygen atoms in total. The molecule has 2 radical (unpaired) electrons. The summed E-state index contributed by atoms with van der Waals surface area (Å²) in [6.07, 6.45) is -2.41. The summed E-state index contributed by atoms with van der Waals surface area (Å²) < 4.78 is 4.66. The van der Waals surface area contributed by atoms with Crippen molar-refractivity contribution in [2.24, 2.45) is 0 Å². The molecule has 3 atom stereocenters. The molecule has 0 bridgehead atoms. The molecule has 8 heavy (non-hydrogen) atoms. The molecule has 0 spiro atoms. The van der Waals surface area contributed by atoms with Crippen LogP contribution >= 0.6 is 0 Å². The third-order valence-corrected chi connectivity index (χ3v) is 1.19. The SMILES string of the molecule is [CH][C@@H]1OC[C@H](O)C1O. The van der Waals surface area contributed by atoms with Crippen molar-refractivity contribution in [2.45, 2.75) is 18.3 Å². The van der Waals surface area contributed by atoms with Gasteiger partial charge in [-0.25, -0.2) is 0 Å². The molecule has 0 amide bonds. The molecule has 0 saturated carbocycles. The summed E-state index contributed by atoms with van der Waals surface area (Å²) in [5.41, 5.74) is 0. The van der Waals surface area contributed by atoms with E-state index < -0.39 is 18.3 Å². The highest BCUT2D eigenvalue weighted by Gasteiger charge is 2.30. The first-order chi connectivity index (χ1) is 3.72. The van der Waals surface area contributed by atoms with E-state index in [-0.39, 0.29) is 6.61 Å². The Morgan fingerprint density at radius 1 is 1.50 bits per heavy atom. The quantitative estimate of drug-likeness (QED) is 0.418. The van der Waals surface area contributed by atoms with Gasteiger partial charge < -0.3 is 14.9 Å². The Morgan fingerprint density at radius 3 is 2.25 bits per heavy atom. The van der Waals surface area contributed by atoms with Crippen molar-refractivity contribution < 1.29 is 14.9 Å². The van der Waals surface area contributed by atoms with E-state index in [1.807, 2.05) is 0 Å². The Bertz CT molecular complexity index is 73.7. The van der Waals surface area contributed by atoms with Crippen molar-refractivity contribution >= 4 is 0 Å². The van der Waals surface area contributed by atoms with Gasteiger partial charge in [0.2, 0.25) is 0 Å². The second-order valence-electron chi connectivity index (χ2n) is 1.86. The van der Waals surface area contributed by atoms with Gasteiger partial charge in [-0.2, -0.15) is 0 Å². The molecule has 1 heterocycles. The van der Waals surface area contributed by atoms with Gasteiger partial charge in [-0.05, 0) is 6.92 Å². The zero-order valence-corrected chi connectivity index (χ0v) is 4.32. The Kier molecular flexibility index (Phi) is 1.51. The molecule has 1 unspecified atom stereocenters. The predicted molar refractivity (Wildman–Crippen MR) is 26.1 cm³/mol. The van der Waals surface area contributed by atoms with Crippen molar-refractivity contribution in [2.75, 3.05) is 6.61 Å². The average molecular weight is 116 g/mol. The van der Waals surface area contributed by atoms with Gasteiger partial charge in [0, 0.05) is 0 Å².